The molecule has 110 valence electrons. The first-order chi connectivity index (χ1) is 9.86. The van der Waals surface area contributed by atoms with Gasteiger partial charge >= 0.3 is 0 Å². The van der Waals surface area contributed by atoms with Crippen LogP contribution in [0.3, 0.4) is 0 Å². The molecule has 0 saturated heterocycles. The Balaban J connectivity index is 2.97. The minimum atomic E-state index is -1.34. The third-order valence-electron chi connectivity index (χ3n) is 2.76. The fourth-order valence-corrected chi connectivity index (χ4v) is 2.06. The molecule has 0 aliphatic rings. The van der Waals surface area contributed by atoms with Crippen molar-refractivity contribution in [3.63, 3.8) is 0 Å². The van der Waals surface area contributed by atoms with Gasteiger partial charge in [-0.1, -0.05) is 29.8 Å². The number of benzene rings is 1. The number of carbonyl (C=O) groups excluding carboxylic acids is 2. The van der Waals surface area contributed by atoms with E-state index in [4.69, 9.17) is 16.9 Å². The zero-order chi connectivity index (χ0) is 16.0. The first-order valence-electron chi connectivity index (χ1n) is 6.53. The Morgan fingerprint density at radius 1 is 1.33 bits per heavy atom. The number of amides is 1. The molecule has 1 amide bonds. The first kappa shape index (κ1) is 16.9. The molecule has 1 aromatic carbocycles. The van der Waals surface area contributed by atoms with Gasteiger partial charge in [0, 0.05) is 11.1 Å². The van der Waals surface area contributed by atoms with Crippen molar-refractivity contribution in [3.05, 3.63) is 40.9 Å². The highest BCUT2D eigenvalue weighted by atomic mass is 35.5. The standard InChI is InChI=1S/C16H17ClN2O2/c1-10(2)19-16(21)13(9-18)15(20)8-11(3)12-6-4-5-7-14(12)17/h4-8,10,13H,1-3H3,(H,19,21)/b11-8+/t13-/m1/s1. The van der Waals surface area contributed by atoms with Crippen LogP contribution in [0, 0.1) is 17.2 Å². The molecular formula is C16H17ClN2O2. The number of halogens is 1. The van der Waals surface area contributed by atoms with E-state index < -0.39 is 17.6 Å². The molecule has 4 nitrogen and oxygen atoms in total. The van der Waals surface area contributed by atoms with E-state index in [2.05, 4.69) is 5.32 Å². The van der Waals surface area contributed by atoms with Crippen molar-refractivity contribution in [1.29, 1.82) is 5.26 Å². The topological polar surface area (TPSA) is 70.0 Å². The van der Waals surface area contributed by atoms with Gasteiger partial charge in [0.25, 0.3) is 0 Å². The van der Waals surface area contributed by atoms with Crippen LogP contribution in [0.15, 0.2) is 30.3 Å². The Hall–Kier alpha value is -2.12. The monoisotopic (exact) mass is 304 g/mol. The summed E-state index contributed by atoms with van der Waals surface area (Å²) in [6, 6.07) is 8.69. The van der Waals surface area contributed by atoms with E-state index in [1.807, 2.05) is 0 Å². The van der Waals surface area contributed by atoms with Gasteiger partial charge in [0.2, 0.25) is 5.91 Å². The van der Waals surface area contributed by atoms with E-state index in [1.165, 1.54) is 6.08 Å². The fourth-order valence-electron chi connectivity index (χ4n) is 1.77. The van der Waals surface area contributed by atoms with Crippen molar-refractivity contribution >= 4 is 28.9 Å². The van der Waals surface area contributed by atoms with Gasteiger partial charge in [-0.15, -0.1) is 0 Å². The van der Waals surface area contributed by atoms with Crippen molar-refractivity contribution in [2.75, 3.05) is 0 Å². The third-order valence-corrected chi connectivity index (χ3v) is 3.09. The highest BCUT2D eigenvalue weighted by Crippen LogP contribution is 2.23. The molecule has 1 aromatic rings. The van der Waals surface area contributed by atoms with E-state index in [1.54, 1.807) is 51.1 Å². The van der Waals surface area contributed by atoms with Crippen LogP contribution in [0.4, 0.5) is 0 Å². The summed E-state index contributed by atoms with van der Waals surface area (Å²) in [7, 11) is 0. The molecule has 0 saturated carbocycles. The average molecular weight is 305 g/mol. The van der Waals surface area contributed by atoms with E-state index >= 15 is 0 Å². The smallest absolute Gasteiger partial charge is 0.245 e. The summed E-state index contributed by atoms with van der Waals surface area (Å²) >= 11 is 6.05. The molecule has 1 atom stereocenters. The minimum Gasteiger partial charge on any atom is -0.352 e. The summed E-state index contributed by atoms with van der Waals surface area (Å²) < 4.78 is 0. The van der Waals surface area contributed by atoms with E-state index in [-0.39, 0.29) is 6.04 Å². The summed E-state index contributed by atoms with van der Waals surface area (Å²) in [5.74, 6) is -2.47. The van der Waals surface area contributed by atoms with Crippen molar-refractivity contribution in [2.45, 2.75) is 26.8 Å². The molecule has 0 unspecified atom stereocenters. The number of hydrogen-bond donors (Lipinski definition) is 1. The van der Waals surface area contributed by atoms with Crippen LogP contribution in [-0.2, 0) is 9.59 Å². The molecule has 0 radical (unpaired) electrons. The number of nitriles is 1. The van der Waals surface area contributed by atoms with Gasteiger partial charge in [0.05, 0.1) is 6.07 Å². The summed E-state index contributed by atoms with van der Waals surface area (Å²) in [6.07, 6.45) is 1.29. The summed E-state index contributed by atoms with van der Waals surface area (Å²) in [5, 5.41) is 12.1. The molecule has 21 heavy (non-hydrogen) atoms. The van der Waals surface area contributed by atoms with E-state index in [9.17, 15) is 9.59 Å². The molecule has 5 heteroatoms. The lowest BCUT2D eigenvalue weighted by atomic mass is 9.99. The summed E-state index contributed by atoms with van der Waals surface area (Å²) in [4.78, 5) is 23.9. The number of hydrogen-bond acceptors (Lipinski definition) is 3. The fraction of sp³-hybridized carbons (Fsp3) is 0.312. The molecule has 0 aromatic heterocycles. The zero-order valence-electron chi connectivity index (χ0n) is 12.2. The summed E-state index contributed by atoms with van der Waals surface area (Å²) in [6.45, 7) is 5.25. The zero-order valence-corrected chi connectivity index (χ0v) is 12.9. The van der Waals surface area contributed by atoms with Crippen molar-refractivity contribution in [3.8, 4) is 6.07 Å². The molecule has 0 aliphatic heterocycles. The number of nitrogens with one attached hydrogen (secondary N) is 1. The second-order valence-electron chi connectivity index (χ2n) is 4.93. The third kappa shape index (κ3) is 4.73. The Morgan fingerprint density at radius 2 is 1.95 bits per heavy atom. The van der Waals surface area contributed by atoms with Gasteiger partial charge in [-0.2, -0.15) is 5.26 Å². The molecule has 1 rings (SSSR count). The normalized spacial score (nSPS) is 12.7. The molecular weight excluding hydrogens is 288 g/mol. The number of allylic oxidation sites excluding steroid dienone is 2. The molecule has 0 aliphatic carbocycles. The maximum atomic E-state index is 12.1. The van der Waals surface area contributed by atoms with Crippen molar-refractivity contribution < 1.29 is 9.59 Å². The Kier molecular flexibility index (Phi) is 6.13. The largest absolute Gasteiger partial charge is 0.352 e. The second-order valence-corrected chi connectivity index (χ2v) is 5.34. The van der Waals surface area contributed by atoms with E-state index in [0.29, 0.717) is 16.2 Å². The lowest BCUT2D eigenvalue weighted by Gasteiger charge is -2.11. The van der Waals surface area contributed by atoms with Gasteiger partial charge < -0.3 is 5.32 Å². The second kappa shape index (κ2) is 7.61. The number of carbonyl (C=O) groups is 2. The van der Waals surface area contributed by atoms with Crippen LogP contribution in [0.2, 0.25) is 5.02 Å². The molecule has 1 N–H and O–H groups in total. The maximum Gasteiger partial charge on any atom is 0.245 e. The van der Waals surface area contributed by atoms with Gasteiger partial charge in [-0.25, -0.2) is 0 Å². The Morgan fingerprint density at radius 3 is 2.48 bits per heavy atom. The van der Waals surface area contributed by atoms with Crippen molar-refractivity contribution in [2.24, 2.45) is 5.92 Å². The van der Waals surface area contributed by atoms with Gasteiger partial charge in [-0.3, -0.25) is 9.59 Å². The van der Waals surface area contributed by atoms with Gasteiger partial charge in [0.1, 0.15) is 0 Å². The van der Waals surface area contributed by atoms with Crippen LogP contribution in [0.5, 0.6) is 0 Å². The van der Waals surface area contributed by atoms with Crippen LogP contribution in [0.25, 0.3) is 5.57 Å². The maximum absolute atomic E-state index is 12.1. The number of ketones is 1. The predicted molar refractivity (Wildman–Crippen MR) is 82.5 cm³/mol. The molecule has 0 fully saturated rings. The lowest BCUT2D eigenvalue weighted by Crippen LogP contribution is -2.38. The minimum absolute atomic E-state index is 0.130. The molecule has 0 bridgehead atoms. The predicted octanol–water partition coefficient (Wildman–Crippen LogP) is 2.98. The number of rotatable bonds is 5. The van der Waals surface area contributed by atoms with Crippen LogP contribution in [0.1, 0.15) is 26.3 Å². The van der Waals surface area contributed by atoms with Crippen LogP contribution in [-0.4, -0.2) is 17.7 Å². The molecule has 0 spiro atoms. The quantitative estimate of drug-likeness (QED) is 0.671. The Bertz CT molecular complexity index is 615. The van der Waals surface area contributed by atoms with Gasteiger partial charge in [0.15, 0.2) is 11.7 Å². The average Bonchev–Trinajstić information content (AvgIpc) is 2.38. The van der Waals surface area contributed by atoms with Crippen molar-refractivity contribution in [1.82, 2.24) is 5.32 Å². The highest BCUT2D eigenvalue weighted by molar-refractivity contribution is 6.32. The molecule has 0 heterocycles. The number of nitrogens with zero attached hydrogens (tertiary/aromatic N) is 1. The van der Waals surface area contributed by atoms with Gasteiger partial charge in [-0.05, 0) is 44.1 Å². The highest BCUT2D eigenvalue weighted by Gasteiger charge is 2.25. The van der Waals surface area contributed by atoms with Crippen LogP contribution >= 0.6 is 11.6 Å². The first-order valence-corrected chi connectivity index (χ1v) is 6.91. The SMILES string of the molecule is C/C(=C\C(=O)[C@@H](C#N)C(=O)NC(C)C)c1ccccc1Cl. The van der Waals surface area contributed by atoms with Crippen LogP contribution < -0.4 is 5.32 Å². The summed E-state index contributed by atoms with van der Waals surface area (Å²) in [5.41, 5.74) is 1.32. The lowest BCUT2D eigenvalue weighted by molar-refractivity contribution is -0.129. The van der Waals surface area contributed by atoms with E-state index in [0.717, 1.165) is 0 Å². The Labute approximate surface area is 129 Å².